The smallest absolute Gasteiger partial charge is 0.135 e. The molecule has 4 heteroatoms. The lowest BCUT2D eigenvalue weighted by Crippen LogP contribution is -2.10. The first-order chi connectivity index (χ1) is 29.2. The number of anilines is 6. The summed E-state index contributed by atoms with van der Waals surface area (Å²) in [5, 5.41) is 11.5. The molecule has 0 spiro atoms. The van der Waals surface area contributed by atoms with Gasteiger partial charge in [0.05, 0.1) is 11.6 Å². The molecule has 0 N–H and O–H groups in total. The monoisotopic (exact) mass is 755 g/mol. The molecule has 0 aliphatic heterocycles. The summed E-state index contributed by atoms with van der Waals surface area (Å²) in [6.07, 6.45) is 0. The molecule has 1 aromatic heterocycles. The number of furan rings is 1. The standard InChI is InChI=1S/C55H37N3O/c56-38-39-16-34-54-52(36-39)53-37-51(33-35-55(53)59-54)58(46-14-8-3-9-15-46)50-31-23-45(24-32-50)44-21-29-49(30-22-44)57(47-25-17-42(18-26-47)40-10-4-1-5-11-40)48-27-19-43(20-28-48)41-12-6-2-7-13-41/h1-37H. The van der Waals surface area contributed by atoms with Gasteiger partial charge in [-0.25, -0.2) is 0 Å². The fourth-order valence-corrected chi connectivity index (χ4v) is 7.92. The fourth-order valence-electron chi connectivity index (χ4n) is 7.92. The van der Waals surface area contributed by atoms with E-state index in [1.807, 2.05) is 24.3 Å². The third kappa shape index (κ3) is 6.99. The fraction of sp³-hybridized carbons (Fsp3) is 0. The van der Waals surface area contributed by atoms with Crippen LogP contribution in [0.4, 0.5) is 34.1 Å². The summed E-state index contributed by atoms with van der Waals surface area (Å²) >= 11 is 0. The van der Waals surface area contributed by atoms with E-state index < -0.39 is 0 Å². The number of benzene rings is 9. The summed E-state index contributed by atoms with van der Waals surface area (Å²) in [7, 11) is 0. The maximum Gasteiger partial charge on any atom is 0.135 e. The average molecular weight is 756 g/mol. The highest BCUT2D eigenvalue weighted by Crippen LogP contribution is 2.41. The number of nitriles is 1. The Morgan fingerprint density at radius 3 is 1.05 bits per heavy atom. The molecule has 278 valence electrons. The van der Waals surface area contributed by atoms with Crippen molar-refractivity contribution in [3.8, 4) is 39.4 Å². The van der Waals surface area contributed by atoms with Gasteiger partial charge >= 0.3 is 0 Å². The SMILES string of the molecule is N#Cc1ccc2oc3ccc(N(c4ccccc4)c4ccc(-c5ccc(N(c6ccc(-c7ccccc7)cc6)c6ccc(-c7ccccc7)cc6)cc5)cc4)cc3c2c1. The zero-order valence-corrected chi connectivity index (χ0v) is 32.1. The highest BCUT2D eigenvalue weighted by Gasteiger charge is 2.17. The van der Waals surface area contributed by atoms with Crippen LogP contribution in [0.3, 0.4) is 0 Å². The van der Waals surface area contributed by atoms with Gasteiger partial charge in [0.15, 0.2) is 0 Å². The van der Waals surface area contributed by atoms with Crippen LogP contribution in [0.2, 0.25) is 0 Å². The van der Waals surface area contributed by atoms with Crippen molar-refractivity contribution in [2.45, 2.75) is 0 Å². The van der Waals surface area contributed by atoms with E-state index in [2.05, 4.69) is 210 Å². The van der Waals surface area contributed by atoms with Crippen LogP contribution in [-0.2, 0) is 0 Å². The lowest BCUT2D eigenvalue weighted by atomic mass is 10.0. The zero-order chi connectivity index (χ0) is 39.5. The highest BCUT2D eigenvalue weighted by atomic mass is 16.3. The molecule has 4 nitrogen and oxygen atoms in total. The van der Waals surface area contributed by atoms with Gasteiger partial charge in [0.2, 0.25) is 0 Å². The molecular formula is C55H37N3O. The molecule has 0 unspecified atom stereocenters. The highest BCUT2D eigenvalue weighted by molar-refractivity contribution is 6.07. The van der Waals surface area contributed by atoms with Crippen LogP contribution in [0.5, 0.6) is 0 Å². The van der Waals surface area contributed by atoms with E-state index in [9.17, 15) is 5.26 Å². The second-order valence-corrected chi connectivity index (χ2v) is 14.5. The summed E-state index contributed by atoms with van der Waals surface area (Å²) in [6.45, 7) is 0. The third-order valence-corrected chi connectivity index (χ3v) is 10.9. The van der Waals surface area contributed by atoms with Crippen LogP contribution in [0, 0.1) is 11.3 Å². The summed E-state index contributed by atoms with van der Waals surface area (Å²) in [5.41, 5.74) is 15.5. The molecule has 10 rings (SSSR count). The van der Waals surface area contributed by atoms with Crippen molar-refractivity contribution in [1.82, 2.24) is 0 Å². The van der Waals surface area contributed by atoms with Crippen molar-refractivity contribution in [3.63, 3.8) is 0 Å². The van der Waals surface area contributed by atoms with Gasteiger partial charge in [-0.05, 0) is 130 Å². The average Bonchev–Trinajstić information content (AvgIpc) is 3.68. The normalized spacial score (nSPS) is 11.0. The van der Waals surface area contributed by atoms with E-state index in [4.69, 9.17) is 4.42 Å². The van der Waals surface area contributed by atoms with Crippen LogP contribution in [-0.4, -0.2) is 0 Å². The van der Waals surface area contributed by atoms with Gasteiger partial charge in [-0.3, -0.25) is 0 Å². The molecular weight excluding hydrogens is 719 g/mol. The summed E-state index contributed by atoms with van der Waals surface area (Å²) in [4.78, 5) is 4.57. The molecule has 0 saturated heterocycles. The quantitative estimate of drug-likeness (QED) is 0.147. The van der Waals surface area contributed by atoms with E-state index in [0.29, 0.717) is 5.56 Å². The Kier molecular flexibility index (Phi) is 9.23. The topological polar surface area (TPSA) is 43.4 Å². The van der Waals surface area contributed by atoms with Crippen molar-refractivity contribution in [1.29, 1.82) is 5.26 Å². The van der Waals surface area contributed by atoms with E-state index in [0.717, 1.165) is 67.2 Å². The van der Waals surface area contributed by atoms with Crippen LogP contribution < -0.4 is 9.80 Å². The molecule has 0 amide bonds. The van der Waals surface area contributed by atoms with E-state index in [-0.39, 0.29) is 0 Å². The number of rotatable bonds is 9. The van der Waals surface area contributed by atoms with Crippen LogP contribution in [0.15, 0.2) is 229 Å². The van der Waals surface area contributed by atoms with Crippen molar-refractivity contribution in [3.05, 3.63) is 230 Å². The van der Waals surface area contributed by atoms with Crippen molar-refractivity contribution in [2.75, 3.05) is 9.80 Å². The van der Waals surface area contributed by atoms with Crippen LogP contribution in [0.25, 0.3) is 55.3 Å². The first-order valence-corrected chi connectivity index (χ1v) is 19.7. The molecule has 59 heavy (non-hydrogen) atoms. The summed E-state index contributed by atoms with van der Waals surface area (Å²) < 4.78 is 6.15. The van der Waals surface area contributed by atoms with Gasteiger partial charge in [0.1, 0.15) is 11.2 Å². The Morgan fingerprint density at radius 2 is 0.627 bits per heavy atom. The zero-order valence-electron chi connectivity index (χ0n) is 32.1. The maximum atomic E-state index is 9.58. The molecule has 10 aromatic rings. The number of para-hydroxylation sites is 1. The largest absolute Gasteiger partial charge is 0.456 e. The van der Waals surface area contributed by atoms with E-state index >= 15 is 0 Å². The van der Waals surface area contributed by atoms with E-state index in [1.165, 1.54) is 22.3 Å². The minimum absolute atomic E-state index is 0.608. The molecule has 0 aliphatic rings. The molecule has 9 aromatic carbocycles. The first-order valence-electron chi connectivity index (χ1n) is 19.7. The number of nitrogens with zero attached hydrogens (tertiary/aromatic N) is 3. The Hall–Kier alpha value is -8.13. The van der Waals surface area contributed by atoms with Gasteiger partial charge in [0.25, 0.3) is 0 Å². The Balaban J connectivity index is 0.978. The van der Waals surface area contributed by atoms with Crippen LogP contribution in [0.1, 0.15) is 5.56 Å². The lowest BCUT2D eigenvalue weighted by Gasteiger charge is -2.26. The predicted molar refractivity (Wildman–Crippen MR) is 244 cm³/mol. The Morgan fingerprint density at radius 1 is 0.305 bits per heavy atom. The van der Waals surface area contributed by atoms with Crippen LogP contribution >= 0.6 is 0 Å². The second kappa shape index (κ2) is 15.4. The molecule has 0 saturated carbocycles. The summed E-state index contributed by atoms with van der Waals surface area (Å²) in [6, 6.07) is 80.6. The third-order valence-electron chi connectivity index (χ3n) is 10.9. The van der Waals surface area contributed by atoms with E-state index in [1.54, 1.807) is 6.07 Å². The number of hydrogen-bond donors (Lipinski definition) is 0. The molecule has 0 radical (unpaired) electrons. The maximum absolute atomic E-state index is 9.58. The second-order valence-electron chi connectivity index (χ2n) is 14.5. The minimum Gasteiger partial charge on any atom is -0.456 e. The number of hydrogen-bond acceptors (Lipinski definition) is 4. The minimum atomic E-state index is 0.608. The van der Waals surface area contributed by atoms with Crippen molar-refractivity contribution >= 4 is 56.1 Å². The van der Waals surface area contributed by atoms with Gasteiger partial charge in [-0.15, -0.1) is 0 Å². The Labute approximate surface area is 343 Å². The van der Waals surface area contributed by atoms with Gasteiger partial charge in [-0.2, -0.15) is 5.26 Å². The van der Waals surface area contributed by atoms with Crippen molar-refractivity contribution < 1.29 is 4.42 Å². The van der Waals surface area contributed by atoms with Gasteiger partial charge in [0, 0.05) is 44.9 Å². The summed E-state index contributed by atoms with van der Waals surface area (Å²) in [5.74, 6) is 0. The molecule has 0 aliphatic carbocycles. The first kappa shape index (κ1) is 35.3. The molecule has 1 heterocycles. The molecule has 0 atom stereocenters. The molecule has 0 fully saturated rings. The Bertz CT molecular complexity index is 2980. The van der Waals surface area contributed by atoms with Crippen molar-refractivity contribution in [2.24, 2.45) is 0 Å². The predicted octanol–water partition coefficient (Wildman–Crippen LogP) is 15.4. The number of fused-ring (bicyclic) bond motifs is 3. The van der Waals surface area contributed by atoms with Gasteiger partial charge < -0.3 is 14.2 Å². The lowest BCUT2D eigenvalue weighted by molar-refractivity contribution is 0.669. The molecule has 0 bridgehead atoms. The van der Waals surface area contributed by atoms with Gasteiger partial charge in [-0.1, -0.05) is 127 Å².